The van der Waals surface area contributed by atoms with Crippen molar-refractivity contribution in [2.45, 2.75) is 43.6 Å². The van der Waals surface area contributed by atoms with E-state index in [-0.39, 0.29) is 23.3 Å². The third-order valence-corrected chi connectivity index (χ3v) is 7.76. The first kappa shape index (κ1) is 21.4. The number of hydrogen-bond acceptors (Lipinski definition) is 5. The summed E-state index contributed by atoms with van der Waals surface area (Å²) in [6, 6.07) is 15.6. The second kappa shape index (κ2) is 8.92. The molecule has 1 saturated heterocycles. The van der Waals surface area contributed by atoms with Crippen LogP contribution in [0.2, 0.25) is 0 Å². The number of nitrogens with zero attached hydrogens (tertiary/aromatic N) is 3. The molecule has 1 amide bonds. The number of carbonyl (C=O) groups is 1. The lowest BCUT2D eigenvalue weighted by Crippen LogP contribution is -2.37. The minimum atomic E-state index is -0.0718. The van der Waals surface area contributed by atoms with Gasteiger partial charge >= 0.3 is 0 Å². The maximum absolute atomic E-state index is 13.3. The molecule has 6 rings (SSSR count). The van der Waals surface area contributed by atoms with E-state index in [9.17, 15) is 9.59 Å². The highest BCUT2D eigenvalue weighted by atomic mass is 32.2. The van der Waals surface area contributed by atoms with Crippen LogP contribution in [0, 0.1) is 0 Å². The zero-order valence-corrected chi connectivity index (χ0v) is 19.6. The number of hydrogen-bond donors (Lipinski definition) is 1. The number of ether oxygens (including phenoxy) is 1. The van der Waals surface area contributed by atoms with Gasteiger partial charge in [-0.15, -0.1) is 0 Å². The summed E-state index contributed by atoms with van der Waals surface area (Å²) in [6.45, 7) is 2.49. The summed E-state index contributed by atoms with van der Waals surface area (Å²) in [5, 5.41) is 2.36. The Morgan fingerprint density at radius 2 is 1.97 bits per heavy atom. The van der Waals surface area contributed by atoms with Crippen molar-refractivity contribution < 1.29 is 9.53 Å². The van der Waals surface area contributed by atoms with Crippen LogP contribution in [0.3, 0.4) is 0 Å². The molecule has 2 aliphatic heterocycles. The lowest BCUT2D eigenvalue weighted by atomic mass is 10.0. The van der Waals surface area contributed by atoms with Gasteiger partial charge in [-0.2, -0.15) is 0 Å². The summed E-state index contributed by atoms with van der Waals surface area (Å²) in [6.07, 6.45) is 2.77. The Morgan fingerprint density at radius 3 is 2.82 bits per heavy atom. The highest BCUT2D eigenvalue weighted by molar-refractivity contribution is 7.99. The molecule has 1 unspecified atom stereocenters. The molecule has 4 aromatic rings. The number of thioether (sulfide) groups is 1. The van der Waals surface area contributed by atoms with Crippen molar-refractivity contribution in [1.29, 1.82) is 0 Å². The Hall–Kier alpha value is -3.10. The van der Waals surface area contributed by atoms with Crippen molar-refractivity contribution in [2.24, 2.45) is 0 Å². The standard InChI is InChI=1S/C26H26N4O3S/c31-24(29-12-11-23-20(15-29)18-7-1-3-9-21(18)27-23)16-34-26-28-22-10-4-2-8-19(22)25(32)30(26)14-17-6-5-13-33-17/h1-4,7-10,17,27H,5-6,11-16H2. The Morgan fingerprint density at radius 1 is 1.15 bits per heavy atom. The molecule has 7 nitrogen and oxygen atoms in total. The fraction of sp³-hybridized carbons (Fsp3) is 0.346. The number of benzene rings is 2. The molecule has 0 spiro atoms. The van der Waals surface area contributed by atoms with Gasteiger partial charge in [0, 0.05) is 48.3 Å². The van der Waals surface area contributed by atoms with Gasteiger partial charge in [0.05, 0.1) is 29.3 Å². The molecule has 2 aromatic heterocycles. The molecule has 1 N–H and O–H groups in total. The lowest BCUT2D eigenvalue weighted by Gasteiger charge is -2.27. The summed E-state index contributed by atoms with van der Waals surface area (Å²) in [7, 11) is 0. The number of amides is 1. The molecule has 0 aliphatic carbocycles. The van der Waals surface area contributed by atoms with Gasteiger partial charge in [-0.1, -0.05) is 42.1 Å². The van der Waals surface area contributed by atoms with Crippen molar-refractivity contribution in [1.82, 2.24) is 19.4 Å². The van der Waals surface area contributed by atoms with Gasteiger partial charge in [-0.05, 0) is 31.0 Å². The van der Waals surface area contributed by atoms with Crippen molar-refractivity contribution in [3.8, 4) is 0 Å². The van der Waals surface area contributed by atoms with Gasteiger partial charge in [-0.25, -0.2) is 4.98 Å². The number of aromatic nitrogens is 3. The Bertz CT molecular complexity index is 1440. The predicted octanol–water partition coefficient (Wildman–Crippen LogP) is 3.73. The molecule has 4 heterocycles. The molecular formula is C26H26N4O3S. The van der Waals surface area contributed by atoms with Crippen molar-refractivity contribution in [3.05, 3.63) is 70.1 Å². The van der Waals surface area contributed by atoms with E-state index in [0.29, 0.717) is 35.7 Å². The van der Waals surface area contributed by atoms with Gasteiger partial charge in [0.15, 0.2) is 5.16 Å². The number of fused-ring (bicyclic) bond motifs is 4. The molecule has 8 heteroatoms. The Kier molecular flexibility index (Phi) is 5.63. The highest BCUT2D eigenvalue weighted by Crippen LogP contribution is 2.28. The van der Waals surface area contributed by atoms with E-state index in [1.165, 1.54) is 28.4 Å². The quantitative estimate of drug-likeness (QED) is 0.352. The number of carbonyl (C=O) groups excluding carboxylic acids is 1. The third kappa shape index (κ3) is 3.91. The lowest BCUT2D eigenvalue weighted by molar-refractivity contribution is -0.129. The molecule has 1 fully saturated rings. The fourth-order valence-corrected chi connectivity index (χ4v) is 5.92. The summed E-state index contributed by atoms with van der Waals surface area (Å²) in [4.78, 5) is 36.6. The first-order valence-corrected chi connectivity index (χ1v) is 12.8. The zero-order chi connectivity index (χ0) is 23.1. The number of rotatable bonds is 5. The second-order valence-electron chi connectivity index (χ2n) is 8.94. The summed E-state index contributed by atoms with van der Waals surface area (Å²) < 4.78 is 7.48. The molecule has 2 aliphatic rings. The van der Waals surface area contributed by atoms with Crippen LogP contribution in [0.4, 0.5) is 0 Å². The minimum absolute atomic E-state index is 0.0121. The SMILES string of the molecule is O=C(CSc1nc2ccccc2c(=O)n1CC1CCCO1)N1CCc2[nH]c3ccccc3c2C1. The third-order valence-electron chi connectivity index (χ3n) is 6.80. The van der Waals surface area contributed by atoms with E-state index >= 15 is 0 Å². The van der Waals surface area contributed by atoms with E-state index in [1.54, 1.807) is 4.57 Å². The van der Waals surface area contributed by atoms with E-state index in [0.717, 1.165) is 31.4 Å². The number of aromatic amines is 1. The molecule has 0 radical (unpaired) electrons. The van der Waals surface area contributed by atoms with Gasteiger partial charge in [0.1, 0.15) is 0 Å². The van der Waals surface area contributed by atoms with E-state index in [4.69, 9.17) is 9.72 Å². The van der Waals surface area contributed by atoms with Gasteiger partial charge < -0.3 is 14.6 Å². The van der Waals surface area contributed by atoms with Crippen LogP contribution in [0.15, 0.2) is 58.5 Å². The van der Waals surface area contributed by atoms with Crippen LogP contribution in [-0.2, 0) is 29.0 Å². The minimum Gasteiger partial charge on any atom is -0.376 e. The van der Waals surface area contributed by atoms with Crippen LogP contribution in [0.25, 0.3) is 21.8 Å². The average molecular weight is 475 g/mol. The molecule has 174 valence electrons. The topological polar surface area (TPSA) is 80.2 Å². The van der Waals surface area contributed by atoms with Gasteiger partial charge in [-0.3, -0.25) is 14.2 Å². The van der Waals surface area contributed by atoms with E-state index < -0.39 is 0 Å². The van der Waals surface area contributed by atoms with Crippen LogP contribution in [0.1, 0.15) is 24.1 Å². The predicted molar refractivity (Wildman–Crippen MR) is 133 cm³/mol. The summed E-state index contributed by atoms with van der Waals surface area (Å²) >= 11 is 1.35. The van der Waals surface area contributed by atoms with Crippen LogP contribution in [-0.4, -0.2) is 50.4 Å². The van der Waals surface area contributed by atoms with Crippen LogP contribution in [0.5, 0.6) is 0 Å². The number of H-pyrrole nitrogens is 1. The first-order valence-electron chi connectivity index (χ1n) is 11.8. The number of nitrogens with one attached hydrogen (secondary N) is 1. The zero-order valence-electron chi connectivity index (χ0n) is 18.8. The first-order chi connectivity index (χ1) is 16.7. The number of para-hydroxylation sites is 2. The average Bonchev–Trinajstić information content (AvgIpc) is 3.51. The molecule has 1 atom stereocenters. The highest BCUT2D eigenvalue weighted by Gasteiger charge is 2.25. The normalized spacial score (nSPS) is 18.0. The molecule has 0 saturated carbocycles. The Balaban J connectivity index is 1.24. The smallest absolute Gasteiger partial charge is 0.262 e. The summed E-state index contributed by atoms with van der Waals surface area (Å²) in [5.41, 5.74) is 4.14. The van der Waals surface area contributed by atoms with Gasteiger partial charge in [0.25, 0.3) is 5.56 Å². The van der Waals surface area contributed by atoms with Crippen LogP contribution >= 0.6 is 11.8 Å². The van der Waals surface area contributed by atoms with E-state index in [1.807, 2.05) is 41.3 Å². The fourth-order valence-electron chi connectivity index (χ4n) is 5.01. The summed E-state index contributed by atoms with van der Waals surface area (Å²) in [5.74, 6) is 0.306. The molecule has 0 bridgehead atoms. The van der Waals surface area contributed by atoms with Crippen molar-refractivity contribution >= 4 is 39.5 Å². The maximum Gasteiger partial charge on any atom is 0.262 e. The van der Waals surface area contributed by atoms with E-state index in [2.05, 4.69) is 17.1 Å². The molecule has 34 heavy (non-hydrogen) atoms. The van der Waals surface area contributed by atoms with Crippen LogP contribution < -0.4 is 5.56 Å². The van der Waals surface area contributed by atoms with Gasteiger partial charge in [0.2, 0.25) is 5.91 Å². The van der Waals surface area contributed by atoms with Crippen molar-refractivity contribution in [2.75, 3.05) is 18.9 Å². The molecule has 2 aromatic carbocycles. The maximum atomic E-state index is 13.3. The largest absolute Gasteiger partial charge is 0.376 e. The second-order valence-corrected chi connectivity index (χ2v) is 9.89. The van der Waals surface area contributed by atoms with Crippen molar-refractivity contribution in [3.63, 3.8) is 0 Å². The Labute approximate surface area is 201 Å². The monoisotopic (exact) mass is 474 g/mol. The molecular weight excluding hydrogens is 448 g/mol.